The summed E-state index contributed by atoms with van der Waals surface area (Å²) in [6, 6.07) is 36.3. The van der Waals surface area contributed by atoms with Gasteiger partial charge in [-0.25, -0.2) is 9.97 Å². The highest BCUT2D eigenvalue weighted by Gasteiger charge is 2.24. The smallest absolute Gasteiger partial charge is 0.193 e. The minimum absolute atomic E-state index is 0.0375. The number of piperidine rings is 1. The maximum absolute atomic E-state index is 14.4. The molecular formula is C51H50N10O2. The summed E-state index contributed by atoms with van der Waals surface area (Å²) in [6.07, 6.45) is 11.2. The zero-order valence-electron chi connectivity index (χ0n) is 35.5. The summed E-state index contributed by atoms with van der Waals surface area (Å²) in [5.74, 6) is 2.41. The number of aryl methyl sites for hydroxylation is 1. The van der Waals surface area contributed by atoms with Gasteiger partial charge in [-0.05, 0) is 109 Å². The van der Waals surface area contributed by atoms with Gasteiger partial charge in [-0.2, -0.15) is 0 Å². The van der Waals surface area contributed by atoms with Crippen LogP contribution in [-0.4, -0.2) is 68.3 Å². The molecule has 0 spiro atoms. The first kappa shape index (κ1) is 39.8. The predicted octanol–water partition coefficient (Wildman–Crippen LogP) is 7.76. The van der Waals surface area contributed by atoms with Crippen LogP contribution >= 0.6 is 0 Å². The number of aromatic nitrogens is 6. The van der Waals surface area contributed by atoms with Crippen LogP contribution in [0.15, 0.2) is 144 Å². The average molecular weight is 835 g/mol. The Hall–Kier alpha value is -7.34. The number of anilines is 4. The standard InChI is InChI=1S/C51H50N10O2/c1-36-14-19-43-44(62)31-48(59-26-24-57(25-27-59)41-12-4-2-5-13-41)61(50(43)55-36)42-17-15-37(16-18-42)28-40-29-47(58-22-6-3-7-23-58)56-51-49(40)45(63)30-46(54-34-38-10-8-20-52-32-38)60(51)35-39-11-9-21-53-33-39/h2,4-5,8-21,29-33,54H,3,6-7,22-28,34-35H2,1H3. The van der Waals surface area contributed by atoms with Crippen molar-refractivity contribution in [2.45, 2.75) is 45.7 Å². The summed E-state index contributed by atoms with van der Waals surface area (Å²) in [7, 11) is 0. The van der Waals surface area contributed by atoms with E-state index in [1.54, 1.807) is 24.5 Å². The fourth-order valence-corrected chi connectivity index (χ4v) is 9.10. The summed E-state index contributed by atoms with van der Waals surface area (Å²) in [4.78, 5) is 54.2. The second-order valence-corrected chi connectivity index (χ2v) is 16.6. The topological polar surface area (TPSA) is 117 Å². The summed E-state index contributed by atoms with van der Waals surface area (Å²) >= 11 is 0. The van der Waals surface area contributed by atoms with E-state index in [1.807, 2.05) is 55.7 Å². The number of hydrogen-bond donors (Lipinski definition) is 1. The lowest BCUT2D eigenvalue weighted by Crippen LogP contribution is -2.47. The lowest BCUT2D eigenvalue weighted by atomic mass is 10.0. The zero-order valence-corrected chi connectivity index (χ0v) is 35.5. The molecule has 0 radical (unpaired) electrons. The van der Waals surface area contributed by atoms with Gasteiger partial charge < -0.3 is 24.6 Å². The maximum Gasteiger partial charge on any atom is 0.193 e. The predicted molar refractivity (Wildman–Crippen MR) is 253 cm³/mol. The second-order valence-electron chi connectivity index (χ2n) is 16.6. The molecule has 0 bridgehead atoms. The van der Waals surface area contributed by atoms with Gasteiger partial charge in [0.2, 0.25) is 0 Å². The third kappa shape index (κ3) is 8.36. The first-order valence-electron chi connectivity index (χ1n) is 22.0. The SMILES string of the molecule is Cc1ccc2c(=O)cc(N3CCN(c4ccccc4)CC3)n(-c3ccc(Cc4cc(N5CCCCC5)nc5c4c(=O)cc(NCc4cccnc4)n5Cc4cccnc4)cc3)c2n1. The Morgan fingerprint density at radius 1 is 0.603 bits per heavy atom. The molecule has 10 rings (SSSR count). The Morgan fingerprint density at radius 3 is 2.06 bits per heavy atom. The Kier molecular flexibility index (Phi) is 11.1. The van der Waals surface area contributed by atoms with Crippen LogP contribution in [0.4, 0.5) is 23.1 Å². The van der Waals surface area contributed by atoms with Gasteiger partial charge in [0.15, 0.2) is 10.9 Å². The number of nitrogens with one attached hydrogen (secondary N) is 1. The largest absolute Gasteiger partial charge is 0.368 e. The lowest BCUT2D eigenvalue weighted by Gasteiger charge is -2.38. The Balaban J connectivity index is 1.04. The molecule has 63 heavy (non-hydrogen) atoms. The van der Waals surface area contributed by atoms with Crippen LogP contribution < -0.4 is 30.9 Å². The average Bonchev–Trinajstić information content (AvgIpc) is 3.33. The molecule has 0 unspecified atom stereocenters. The molecule has 2 aliphatic heterocycles. The highest BCUT2D eigenvalue weighted by molar-refractivity contribution is 5.84. The van der Waals surface area contributed by atoms with E-state index in [1.165, 1.54) is 12.1 Å². The van der Waals surface area contributed by atoms with Gasteiger partial charge in [0.25, 0.3) is 0 Å². The lowest BCUT2D eigenvalue weighted by molar-refractivity contribution is 0.573. The van der Waals surface area contributed by atoms with Crippen molar-refractivity contribution >= 4 is 45.2 Å². The normalized spacial score (nSPS) is 14.4. The fourth-order valence-electron chi connectivity index (χ4n) is 9.10. The van der Waals surface area contributed by atoms with Crippen molar-refractivity contribution in [3.63, 3.8) is 0 Å². The number of piperazine rings is 1. The Labute approximate surface area is 366 Å². The van der Waals surface area contributed by atoms with Gasteiger partial charge in [0.1, 0.15) is 28.7 Å². The molecule has 12 heteroatoms. The van der Waals surface area contributed by atoms with E-state index in [-0.39, 0.29) is 10.9 Å². The molecule has 0 aliphatic carbocycles. The minimum Gasteiger partial charge on any atom is -0.368 e. The second kappa shape index (κ2) is 17.6. The molecule has 6 aromatic heterocycles. The number of pyridine rings is 6. The summed E-state index contributed by atoms with van der Waals surface area (Å²) in [5, 5.41) is 4.74. The van der Waals surface area contributed by atoms with Gasteiger partial charge in [-0.3, -0.25) is 24.1 Å². The van der Waals surface area contributed by atoms with Gasteiger partial charge in [-0.15, -0.1) is 0 Å². The van der Waals surface area contributed by atoms with Crippen LogP contribution in [0.25, 0.3) is 27.8 Å². The van der Waals surface area contributed by atoms with Crippen molar-refractivity contribution < 1.29 is 0 Å². The molecule has 316 valence electrons. The monoisotopic (exact) mass is 834 g/mol. The van der Waals surface area contributed by atoms with Crippen molar-refractivity contribution in [2.75, 3.05) is 59.3 Å². The van der Waals surface area contributed by atoms with Gasteiger partial charge in [0, 0.05) is 99.8 Å². The molecule has 2 fully saturated rings. The van der Waals surface area contributed by atoms with Crippen LogP contribution in [-0.2, 0) is 19.5 Å². The van der Waals surface area contributed by atoms with E-state index < -0.39 is 0 Å². The fraction of sp³-hybridized carbons (Fsp3) is 0.255. The van der Waals surface area contributed by atoms with E-state index in [4.69, 9.17) is 9.97 Å². The van der Waals surface area contributed by atoms with E-state index in [9.17, 15) is 9.59 Å². The number of benzene rings is 2. The first-order chi connectivity index (χ1) is 30.9. The highest BCUT2D eigenvalue weighted by Crippen LogP contribution is 2.31. The number of para-hydroxylation sites is 1. The van der Waals surface area contributed by atoms with Crippen LogP contribution in [0.5, 0.6) is 0 Å². The van der Waals surface area contributed by atoms with Gasteiger partial charge >= 0.3 is 0 Å². The highest BCUT2D eigenvalue weighted by atomic mass is 16.1. The molecule has 0 saturated carbocycles. The van der Waals surface area contributed by atoms with E-state index >= 15 is 0 Å². The van der Waals surface area contributed by atoms with Gasteiger partial charge in [-0.1, -0.05) is 42.5 Å². The van der Waals surface area contributed by atoms with Crippen molar-refractivity contribution in [1.29, 1.82) is 0 Å². The molecule has 2 saturated heterocycles. The molecule has 1 N–H and O–H groups in total. The van der Waals surface area contributed by atoms with Gasteiger partial charge in [0.05, 0.1) is 17.3 Å². The Bertz CT molecular complexity index is 3000. The maximum atomic E-state index is 14.4. The van der Waals surface area contributed by atoms with E-state index in [0.717, 1.165) is 97.4 Å². The number of hydrogen-bond acceptors (Lipinski definition) is 10. The molecule has 2 aliphatic rings. The van der Waals surface area contributed by atoms with Crippen molar-refractivity contribution in [1.82, 2.24) is 29.1 Å². The first-order valence-corrected chi connectivity index (χ1v) is 22.0. The summed E-state index contributed by atoms with van der Waals surface area (Å²) in [6.45, 7) is 7.98. The van der Waals surface area contributed by atoms with E-state index in [0.29, 0.717) is 47.4 Å². The van der Waals surface area contributed by atoms with Crippen molar-refractivity contribution in [3.8, 4) is 5.69 Å². The molecule has 2 aromatic carbocycles. The Morgan fingerprint density at radius 2 is 1.33 bits per heavy atom. The summed E-state index contributed by atoms with van der Waals surface area (Å²) in [5.41, 5.74) is 8.14. The molecular weight excluding hydrogens is 785 g/mol. The van der Waals surface area contributed by atoms with Crippen LogP contribution in [0.1, 0.15) is 47.2 Å². The summed E-state index contributed by atoms with van der Waals surface area (Å²) < 4.78 is 4.26. The third-order valence-corrected chi connectivity index (χ3v) is 12.4. The van der Waals surface area contributed by atoms with E-state index in [2.05, 4.69) is 99.8 Å². The number of rotatable bonds is 11. The van der Waals surface area contributed by atoms with Crippen LogP contribution in [0.3, 0.4) is 0 Å². The van der Waals surface area contributed by atoms with Crippen molar-refractivity contribution in [2.24, 2.45) is 0 Å². The zero-order chi connectivity index (χ0) is 42.7. The minimum atomic E-state index is -0.0800. The van der Waals surface area contributed by atoms with Crippen molar-refractivity contribution in [3.05, 3.63) is 182 Å². The molecule has 0 atom stereocenters. The third-order valence-electron chi connectivity index (χ3n) is 12.4. The number of nitrogens with zero attached hydrogens (tertiary/aromatic N) is 9. The molecule has 8 heterocycles. The quantitative estimate of drug-likeness (QED) is 0.139. The molecule has 8 aromatic rings. The van der Waals surface area contributed by atoms with Crippen LogP contribution in [0, 0.1) is 6.92 Å². The molecule has 0 amide bonds. The number of fused-ring (bicyclic) bond motifs is 2. The molecule has 12 nitrogen and oxygen atoms in total. The van der Waals surface area contributed by atoms with Crippen LogP contribution in [0.2, 0.25) is 0 Å².